The van der Waals surface area contributed by atoms with Gasteiger partial charge in [0.05, 0.1) is 6.04 Å². The molecular formula is C11H9BrClNS. The van der Waals surface area contributed by atoms with Crippen LogP contribution in [0.3, 0.4) is 0 Å². The van der Waals surface area contributed by atoms with Crippen LogP contribution in [0.25, 0.3) is 0 Å². The minimum atomic E-state index is -0.152. The van der Waals surface area contributed by atoms with Crippen molar-refractivity contribution in [3.63, 3.8) is 0 Å². The lowest BCUT2D eigenvalue weighted by atomic mass is 10.0. The van der Waals surface area contributed by atoms with Crippen LogP contribution < -0.4 is 5.73 Å². The number of halogens is 2. The molecule has 0 aliphatic rings. The van der Waals surface area contributed by atoms with Crippen LogP contribution in [0.2, 0.25) is 5.02 Å². The number of nitrogens with two attached hydrogens (primary N) is 1. The first-order valence-corrected chi connectivity index (χ1v) is 6.52. The van der Waals surface area contributed by atoms with Gasteiger partial charge in [0.25, 0.3) is 0 Å². The predicted molar refractivity (Wildman–Crippen MR) is 69.5 cm³/mol. The Morgan fingerprint density at radius 3 is 2.80 bits per heavy atom. The van der Waals surface area contributed by atoms with E-state index < -0.39 is 0 Å². The highest BCUT2D eigenvalue weighted by atomic mass is 79.9. The van der Waals surface area contributed by atoms with E-state index in [-0.39, 0.29) is 6.04 Å². The molecule has 0 spiro atoms. The minimum absolute atomic E-state index is 0.152. The van der Waals surface area contributed by atoms with E-state index in [1.807, 2.05) is 35.0 Å². The van der Waals surface area contributed by atoms with Crippen LogP contribution in [0.1, 0.15) is 17.2 Å². The molecule has 1 aromatic heterocycles. The number of benzene rings is 1. The Hall–Kier alpha value is -0.350. The van der Waals surface area contributed by atoms with E-state index in [9.17, 15) is 0 Å². The van der Waals surface area contributed by atoms with E-state index in [2.05, 4.69) is 15.9 Å². The molecule has 0 unspecified atom stereocenters. The summed E-state index contributed by atoms with van der Waals surface area (Å²) in [5.74, 6) is 0. The van der Waals surface area contributed by atoms with Crippen LogP contribution in [0.5, 0.6) is 0 Å². The lowest BCUT2D eigenvalue weighted by molar-refractivity contribution is 0.876. The molecule has 4 heteroatoms. The highest BCUT2D eigenvalue weighted by Gasteiger charge is 2.12. The molecule has 0 aliphatic heterocycles. The van der Waals surface area contributed by atoms with Gasteiger partial charge in [-0.05, 0) is 46.2 Å². The Balaban J connectivity index is 2.41. The smallest absolute Gasteiger partial charge is 0.0575 e. The zero-order valence-corrected chi connectivity index (χ0v) is 10.9. The molecule has 2 N–H and O–H groups in total. The Labute approximate surface area is 106 Å². The van der Waals surface area contributed by atoms with Gasteiger partial charge in [-0.3, -0.25) is 0 Å². The number of rotatable bonds is 2. The second-order valence-corrected chi connectivity index (χ2v) is 5.30. The van der Waals surface area contributed by atoms with Gasteiger partial charge in [0.2, 0.25) is 0 Å². The van der Waals surface area contributed by atoms with Crippen molar-refractivity contribution in [3.05, 3.63) is 55.6 Å². The summed E-state index contributed by atoms with van der Waals surface area (Å²) < 4.78 is 0.993. The van der Waals surface area contributed by atoms with Crippen molar-refractivity contribution < 1.29 is 0 Å². The third-order valence-corrected chi connectivity index (χ3v) is 3.73. The van der Waals surface area contributed by atoms with Crippen molar-refractivity contribution in [1.82, 2.24) is 0 Å². The normalized spacial score (nSPS) is 12.7. The molecule has 78 valence electrons. The first-order chi connectivity index (χ1) is 7.18. The van der Waals surface area contributed by atoms with Gasteiger partial charge in [-0.2, -0.15) is 11.3 Å². The highest BCUT2D eigenvalue weighted by Crippen LogP contribution is 2.29. The summed E-state index contributed by atoms with van der Waals surface area (Å²) >= 11 is 11.2. The number of thiophene rings is 1. The van der Waals surface area contributed by atoms with E-state index in [4.69, 9.17) is 17.3 Å². The molecule has 1 aromatic carbocycles. The highest BCUT2D eigenvalue weighted by molar-refractivity contribution is 9.10. The molecule has 0 fully saturated rings. The van der Waals surface area contributed by atoms with Gasteiger partial charge in [0.15, 0.2) is 0 Å². The Morgan fingerprint density at radius 2 is 2.13 bits per heavy atom. The fraction of sp³-hybridized carbons (Fsp3) is 0.0909. The fourth-order valence-electron chi connectivity index (χ4n) is 1.38. The van der Waals surface area contributed by atoms with E-state index in [1.54, 1.807) is 11.3 Å². The topological polar surface area (TPSA) is 26.0 Å². The molecule has 0 bridgehead atoms. The summed E-state index contributed by atoms with van der Waals surface area (Å²) in [7, 11) is 0. The molecular weight excluding hydrogens is 294 g/mol. The zero-order chi connectivity index (χ0) is 10.8. The molecule has 1 atom stereocenters. The van der Waals surface area contributed by atoms with E-state index >= 15 is 0 Å². The lowest BCUT2D eigenvalue weighted by Crippen LogP contribution is -2.11. The summed E-state index contributed by atoms with van der Waals surface area (Å²) in [5.41, 5.74) is 8.18. The molecule has 15 heavy (non-hydrogen) atoms. The molecule has 0 aliphatic carbocycles. The minimum Gasteiger partial charge on any atom is -0.320 e. The average Bonchev–Trinajstić information content (AvgIpc) is 2.74. The molecule has 0 saturated carbocycles. The largest absolute Gasteiger partial charge is 0.320 e. The van der Waals surface area contributed by atoms with Crippen LogP contribution >= 0.6 is 38.9 Å². The molecule has 1 nitrogen and oxygen atoms in total. The molecule has 0 radical (unpaired) electrons. The number of hydrogen-bond acceptors (Lipinski definition) is 2. The standard InChI is InChI=1S/C11H9BrClNS/c12-8-1-2-10(13)9(5-8)11(14)7-3-4-15-6-7/h1-6,11H,14H2/t11-/m1/s1. The van der Waals surface area contributed by atoms with Crippen LogP contribution in [0.4, 0.5) is 0 Å². The van der Waals surface area contributed by atoms with E-state index in [0.717, 1.165) is 15.6 Å². The summed E-state index contributed by atoms with van der Waals surface area (Å²) in [4.78, 5) is 0. The lowest BCUT2D eigenvalue weighted by Gasteiger charge is -2.12. The summed E-state index contributed by atoms with van der Waals surface area (Å²) in [5, 5.41) is 4.76. The van der Waals surface area contributed by atoms with Crippen molar-refractivity contribution in [2.75, 3.05) is 0 Å². The van der Waals surface area contributed by atoms with Crippen molar-refractivity contribution in [3.8, 4) is 0 Å². The van der Waals surface area contributed by atoms with Gasteiger partial charge in [-0.1, -0.05) is 27.5 Å². The quantitative estimate of drug-likeness (QED) is 0.883. The van der Waals surface area contributed by atoms with Gasteiger partial charge in [-0.15, -0.1) is 0 Å². The summed E-state index contributed by atoms with van der Waals surface area (Å²) in [6.07, 6.45) is 0. The van der Waals surface area contributed by atoms with Crippen LogP contribution in [0.15, 0.2) is 39.5 Å². The monoisotopic (exact) mass is 301 g/mol. The third kappa shape index (κ3) is 2.42. The SMILES string of the molecule is N[C@H](c1ccsc1)c1cc(Br)ccc1Cl. The molecule has 1 heterocycles. The Kier molecular flexibility index (Phi) is 3.46. The second-order valence-electron chi connectivity index (χ2n) is 3.20. The average molecular weight is 303 g/mol. The van der Waals surface area contributed by atoms with Crippen molar-refractivity contribution in [2.24, 2.45) is 5.73 Å². The van der Waals surface area contributed by atoms with Crippen molar-refractivity contribution in [2.45, 2.75) is 6.04 Å². The molecule has 0 amide bonds. The summed E-state index contributed by atoms with van der Waals surface area (Å²) in [6, 6.07) is 7.60. The predicted octanol–water partition coefficient (Wildman–Crippen LogP) is 4.21. The molecule has 2 rings (SSSR count). The van der Waals surface area contributed by atoms with E-state index in [0.29, 0.717) is 5.02 Å². The maximum Gasteiger partial charge on any atom is 0.0575 e. The fourth-order valence-corrected chi connectivity index (χ4v) is 2.69. The maximum absolute atomic E-state index is 6.13. The van der Waals surface area contributed by atoms with E-state index in [1.165, 1.54) is 0 Å². The molecule has 0 saturated heterocycles. The molecule has 2 aromatic rings. The van der Waals surface area contributed by atoms with Gasteiger partial charge in [0, 0.05) is 9.50 Å². The van der Waals surface area contributed by atoms with Crippen molar-refractivity contribution in [1.29, 1.82) is 0 Å². The van der Waals surface area contributed by atoms with Crippen molar-refractivity contribution >= 4 is 38.9 Å². The maximum atomic E-state index is 6.13. The third-order valence-electron chi connectivity index (χ3n) is 2.20. The zero-order valence-electron chi connectivity index (χ0n) is 7.78. The first-order valence-electron chi connectivity index (χ1n) is 4.41. The Morgan fingerprint density at radius 1 is 1.33 bits per heavy atom. The number of hydrogen-bond donors (Lipinski definition) is 1. The second kappa shape index (κ2) is 4.66. The van der Waals surface area contributed by atoms with Gasteiger partial charge in [0.1, 0.15) is 0 Å². The van der Waals surface area contributed by atoms with Crippen LogP contribution in [-0.2, 0) is 0 Å². The van der Waals surface area contributed by atoms with Gasteiger partial charge >= 0.3 is 0 Å². The summed E-state index contributed by atoms with van der Waals surface area (Å²) in [6.45, 7) is 0. The first kappa shape index (κ1) is 11.1. The van der Waals surface area contributed by atoms with Crippen LogP contribution in [0, 0.1) is 0 Å². The van der Waals surface area contributed by atoms with Gasteiger partial charge < -0.3 is 5.73 Å². The Bertz CT molecular complexity index is 456. The van der Waals surface area contributed by atoms with Crippen LogP contribution in [-0.4, -0.2) is 0 Å². The van der Waals surface area contributed by atoms with Gasteiger partial charge in [-0.25, -0.2) is 0 Å².